The van der Waals surface area contributed by atoms with E-state index in [1.807, 2.05) is 13.0 Å². The number of aromatic nitrogens is 4. The van der Waals surface area contributed by atoms with E-state index < -0.39 is 0 Å². The lowest BCUT2D eigenvalue weighted by atomic mass is 10.1. The van der Waals surface area contributed by atoms with Gasteiger partial charge in [0.15, 0.2) is 0 Å². The minimum atomic E-state index is -0.384. The van der Waals surface area contributed by atoms with Gasteiger partial charge in [-0.3, -0.25) is 4.79 Å². The summed E-state index contributed by atoms with van der Waals surface area (Å²) < 4.78 is 1.44. The van der Waals surface area contributed by atoms with Gasteiger partial charge in [0, 0.05) is 6.54 Å². The maximum atomic E-state index is 12.2. The van der Waals surface area contributed by atoms with E-state index in [0.29, 0.717) is 30.6 Å². The molecular formula is C13H17N5O2. The van der Waals surface area contributed by atoms with Gasteiger partial charge < -0.3 is 10.4 Å². The van der Waals surface area contributed by atoms with Crippen LogP contribution in [-0.4, -0.2) is 43.9 Å². The zero-order chi connectivity index (χ0) is 14.4. The van der Waals surface area contributed by atoms with Crippen molar-refractivity contribution in [3.8, 4) is 5.69 Å². The maximum absolute atomic E-state index is 12.2. The van der Waals surface area contributed by atoms with Gasteiger partial charge >= 0.3 is 0 Å². The van der Waals surface area contributed by atoms with E-state index in [9.17, 15) is 9.90 Å². The molecule has 0 saturated carbocycles. The van der Waals surface area contributed by atoms with E-state index in [4.69, 9.17) is 0 Å². The SMILES string of the molecule is CCC(O)CCNC(=O)c1ccccc1-n1cnnn1. The highest BCUT2D eigenvalue weighted by molar-refractivity contribution is 5.97. The van der Waals surface area contributed by atoms with Crippen molar-refractivity contribution in [3.63, 3.8) is 0 Å². The Morgan fingerprint density at radius 2 is 2.25 bits per heavy atom. The lowest BCUT2D eigenvalue weighted by Gasteiger charge is -2.11. The number of benzene rings is 1. The molecular weight excluding hydrogens is 258 g/mol. The van der Waals surface area contributed by atoms with Crippen molar-refractivity contribution in [1.82, 2.24) is 25.5 Å². The van der Waals surface area contributed by atoms with Gasteiger partial charge in [0.25, 0.3) is 5.91 Å². The number of aliphatic hydroxyl groups is 1. The number of nitrogens with one attached hydrogen (secondary N) is 1. The molecule has 0 aliphatic carbocycles. The van der Waals surface area contributed by atoms with Crippen LogP contribution in [0.5, 0.6) is 0 Å². The highest BCUT2D eigenvalue weighted by Crippen LogP contribution is 2.12. The van der Waals surface area contributed by atoms with Crippen LogP contribution in [-0.2, 0) is 0 Å². The third-order valence-electron chi connectivity index (χ3n) is 2.98. The van der Waals surface area contributed by atoms with E-state index in [1.165, 1.54) is 11.0 Å². The number of para-hydroxylation sites is 1. The van der Waals surface area contributed by atoms with Crippen molar-refractivity contribution in [2.75, 3.05) is 6.54 Å². The first kappa shape index (κ1) is 14.1. The molecule has 7 heteroatoms. The summed E-state index contributed by atoms with van der Waals surface area (Å²) in [5.41, 5.74) is 1.11. The Morgan fingerprint density at radius 1 is 1.45 bits per heavy atom. The molecule has 0 aliphatic heterocycles. The smallest absolute Gasteiger partial charge is 0.253 e. The summed E-state index contributed by atoms with van der Waals surface area (Å²) in [5, 5.41) is 23.2. The highest BCUT2D eigenvalue weighted by Gasteiger charge is 2.13. The average Bonchev–Trinajstić information content (AvgIpc) is 3.01. The summed E-state index contributed by atoms with van der Waals surface area (Å²) in [6.45, 7) is 2.33. The Labute approximate surface area is 116 Å². The molecule has 0 bridgehead atoms. The van der Waals surface area contributed by atoms with E-state index in [1.54, 1.807) is 18.2 Å². The third kappa shape index (κ3) is 3.39. The van der Waals surface area contributed by atoms with Gasteiger partial charge in [-0.25, -0.2) is 0 Å². The predicted octanol–water partition coefficient (Wildman–Crippen LogP) is 0.553. The fourth-order valence-electron chi connectivity index (χ4n) is 1.79. The van der Waals surface area contributed by atoms with Crippen molar-refractivity contribution < 1.29 is 9.90 Å². The minimum Gasteiger partial charge on any atom is -0.393 e. The Balaban J connectivity index is 2.07. The quantitative estimate of drug-likeness (QED) is 0.803. The van der Waals surface area contributed by atoms with Gasteiger partial charge in [0.2, 0.25) is 0 Å². The first-order valence-electron chi connectivity index (χ1n) is 6.51. The molecule has 0 aliphatic rings. The molecule has 1 heterocycles. The van der Waals surface area contributed by atoms with Crippen LogP contribution < -0.4 is 5.32 Å². The lowest BCUT2D eigenvalue weighted by molar-refractivity contribution is 0.0942. The van der Waals surface area contributed by atoms with Crippen LogP contribution in [0.1, 0.15) is 30.1 Å². The van der Waals surface area contributed by atoms with Crippen molar-refractivity contribution in [2.45, 2.75) is 25.9 Å². The second-order valence-corrected chi connectivity index (χ2v) is 4.38. The maximum Gasteiger partial charge on any atom is 0.253 e. The summed E-state index contributed by atoms with van der Waals surface area (Å²) in [7, 11) is 0. The Bertz CT molecular complexity index is 556. The molecule has 106 valence electrons. The molecule has 1 aromatic carbocycles. The molecule has 1 atom stereocenters. The zero-order valence-corrected chi connectivity index (χ0v) is 11.2. The van der Waals surface area contributed by atoms with Gasteiger partial charge in [-0.05, 0) is 35.4 Å². The zero-order valence-electron chi connectivity index (χ0n) is 11.2. The second kappa shape index (κ2) is 6.76. The number of tetrazole rings is 1. The lowest BCUT2D eigenvalue weighted by Crippen LogP contribution is -2.28. The number of carbonyl (C=O) groups is 1. The van der Waals surface area contributed by atoms with Crippen molar-refractivity contribution in [1.29, 1.82) is 0 Å². The van der Waals surface area contributed by atoms with Gasteiger partial charge in [0.1, 0.15) is 6.33 Å². The number of nitrogens with zero attached hydrogens (tertiary/aromatic N) is 4. The first-order valence-corrected chi connectivity index (χ1v) is 6.51. The fraction of sp³-hybridized carbons (Fsp3) is 0.385. The molecule has 1 aromatic heterocycles. The number of aliphatic hydroxyl groups excluding tert-OH is 1. The summed E-state index contributed by atoms with van der Waals surface area (Å²) in [4.78, 5) is 12.2. The summed E-state index contributed by atoms with van der Waals surface area (Å²) >= 11 is 0. The van der Waals surface area contributed by atoms with Crippen LogP contribution in [0.25, 0.3) is 5.69 Å². The third-order valence-corrected chi connectivity index (χ3v) is 2.98. The van der Waals surface area contributed by atoms with Crippen LogP contribution in [0.3, 0.4) is 0 Å². The largest absolute Gasteiger partial charge is 0.393 e. The molecule has 2 aromatic rings. The highest BCUT2D eigenvalue weighted by atomic mass is 16.3. The normalized spacial score (nSPS) is 12.1. The molecule has 1 amide bonds. The Kier molecular flexibility index (Phi) is 4.78. The molecule has 0 fully saturated rings. The molecule has 1 unspecified atom stereocenters. The van der Waals surface area contributed by atoms with E-state index in [2.05, 4.69) is 20.8 Å². The fourth-order valence-corrected chi connectivity index (χ4v) is 1.79. The van der Waals surface area contributed by atoms with Gasteiger partial charge in [-0.2, -0.15) is 4.68 Å². The number of carbonyl (C=O) groups excluding carboxylic acids is 1. The van der Waals surface area contributed by atoms with Gasteiger partial charge in [0.05, 0.1) is 17.4 Å². The van der Waals surface area contributed by atoms with Crippen molar-refractivity contribution in [2.24, 2.45) is 0 Å². The van der Waals surface area contributed by atoms with E-state index in [-0.39, 0.29) is 12.0 Å². The topological polar surface area (TPSA) is 92.9 Å². The predicted molar refractivity (Wildman–Crippen MR) is 72.4 cm³/mol. The van der Waals surface area contributed by atoms with Crippen LogP contribution in [0.15, 0.2) is 30.6 Å². The number of hydrogen-bond acceptors (Lipinski definition) is 5. The first-order chi connectivity index (χ1) is 9.72. The standard InChI is InChI=1S/C13H17N5O2/c1-2-10(19)7-8-14-13(20)11-5-3-4-6-12(11)18-9-15-16-17-18/h3-6,9-10,19H,2,7-8H2,1H3,(H,14,20). The minimum absolute atomic E-state index is 0.209. The second-order valence-electron chi connectivity index (χ2n) is 4.38. The molecule has 0 spiro atoms. The Morgan fingerprint density at radius 3 is 2.95 bits per heavy atom. The van der Waals surface area contributed by atoms with Crippen LogP contribution in [0.4, 0.5) is 0 Å². The summed E-state index contributed by atoms with van der Waals surface area (Å²) in [6.07, 6.45) is 2.27. The van der Waals surface area contributed by atoms with Crippen LogP contribution in [0, 0.1) is 0 Å². The number of rotatable bonds is 6. The number of hydrogen-bond donors (Lipinski definition) is 2. The molecule has 2 N–H and O–H groups in total. The van der Waals surface area contributed by atoms with Crippen molar-refractivity contribution >= 4 is 5.91 Å². The molecule has 0 saturated heterocycles. The van der Waals surface area contributed by atoms with E-state index in [0.717, 1.165) is 0 Å². The number of amides is 1. The summed E-state index contributed by atoms with van der Waals surface area (Å²) in [6, 6.07) is 7.08. The Hall–Kier alpha value is -2.28. The molecule has 2 rings (SSSR count). The van der Waals surface area contributed by atoms with Gasteiger partial charge in [-0.1, -0.05) is 19.1 Å². The summed E-state index contributed by atoms with van der Waals surface area (Å²) in [5.74, 6) is -0.209. The molecule has 20 heavy (non-hydrogen) atoms. The van der Waals surface area contributed by atoms with Gasteiger partial charge in [-0.15, -0.1) is 5.10 Å². The molecule has 0 radical (unpaired) electrons. The monoisotopic (exact) mass is 275 g/mol. The van der Waals surface area contributed by atoms with Crippen LogP contribution >= 0.6 is 0 Å². The van der Waals surface area contributed by atoms with Crippen LogP contribution in [0.2, 0.25) is 0 Å². The molecule has 7 nitrogen and oxygen atoms in total. The van der Waals surface area contributed by atoms with Crippen molar-refractivity contribution in [3.05, 3.63) is 36.2 Å². The van der Waals surface area contributed by atoms with E-state index >= 15 is 0 Å². The average molecular weight is 275 g/mol.